The van der Waals surface area contributed by atoms with Crippen molar-refractivity contribution in [1.29, 1.82) is 0 Å². The summed E-state index contributed by atoms with van der Waals surface area (Å²) in [5.74, 6) is -0.125. The number of hydrogen-bond acceptors (Lipinski definition) is 3. The third-order valence-electron chi connectivity index (χ3n) is 4.38. The van der Waals surface area contributed by atoms with Crippen molar-refractivity contribution in [3.05, 3.63) is 59.7 Å². The number of nitrogens with zero attached hydrogens (tertiary/aromatic N) is 2. The van der Waals surface area contributed by atoms with Crippen LogP contribution < -0.4 is 15.8 Å². The van der Waals surface area contributed by atoms with Crippen molar-refractivity contribution in [3.63, 3.8) is 0 Å². The predicted molar refractivity (Wildman–Crippen MR) is 103 cm³/mol. The first kappa shape index (κ1) is 20.5. The second-order valence-electron chi connectivity index (χ2n) is 6.59. The molecular weight excluding hydrogens is 385 g/mol. The molecular formula is C20H21F3N4O2. The molecule has 0 radical (unpaired) electrons. The number of rotatable bonds is 6. The molecule has 0 saturated carbocycles. The Morgan fingerprint density at radius 2 is 1.72 bits per heavy atom. The van der Waals surface area contributed by atoms with Crippen LogP contribution in [-0.2, 0) is 17.9 Å². The van der Waals surface area contributed by atoms with Gasteiger partial charge in [0.15, 0.2) is 5.96 Å². The second-order valence-corrected chi connectivity index (χ2v) is 6.59. The monoisotopic (exact) mass is 406 g/mol. The first-order chi connectivity index (χ1) is 13.8. The molecule has 1 aliphatic rings. The molecule has 6 nitrogen and oxygen atoms in total. The van der Waals surface area contributed by atoms with Gasteiger partial charge in [-0.15, -0.1) is 13.2 Å². The van der Waals surface area contributed by atoms with Crippen LogP contribution in [0.5, 0.6) is 5.75 Å². The van der Waals surface area contributed by atoms with Crippen LogP contribution in [0.25, 0.3) is 0 Å². The Kier molecular flexibility index (Phi) is 6.26. The number of carbonyl (C=O) groups is 1. The lowest BCUT2D eigenvalue weighted by atomic mass is 10.1. The number of amides is 1. The molecule has 9 heteroatoms. The van der Waals surface area contributed by atoms with Crippen molar-refractivity contribution in [1.82, 2.24) is 4.90 Å². The number of nitrogens with one attached hydrogen (secondary N) is 1. The third-order valence-corrected chi connectivity index (χ3v) is 4.38. The molecule has 0 fully saturated rings. The van der Waals surface area contributed by atoms with Crippen LogP contribution in [0.4, 0.5) is 18.9 Å². The number of alkyl halides is 3. The average Bonchev–Trinajstić information content (AvgIpc) is 3.10. The standard InChI is InChI=1S/C20H21F3N4O2/c21-20(22,23)29-17-9-7-16(8-10-17)26-19(24)25-11-3-6-18(28)27-12-14-4-1-2-5-15(14)13-27/h1-2,4-5,7-10H,3,6,11-13H2,(H3,24,25,26). The molecule has 29 heavy (non-hydrogen) atoms. The lowest BCUT2D eigenvalue weighted by molar-refractivity contribution is -0.274. The highest BCUT2D eigenvalue weighted by atomic mass is 19.4. The van der Waals surface area contributed by atoms with E-state index in [1.807, 2.05) is 29.2 Å². The summed E-state index contributed by atoms with van der Waals surface area (Å²) in [7, 11) is 0. The quantitative estimate of drug-likeness (QED) is 0.436. The number of nitrogens with two attached hydrogens (primary N) is 1. The molecule has 1 heterocycles. The van der Waals surface area contributed by atoms with E-state index in [-0.39, 0.29) is 17.6 Å². The molecule has 3 rings (SSSR count). The van der Waals surface area contributed by atoms with Crippen LogP contribution in [0.15, 0.2) is 53.5 Å². The molecule has 154 valence electrons. The van der Waals surface area contributed by atoms with Crippen LogP contribution in [0.2, 0.25) is 0 Å². The van der Waals surface area contributed by atoms with Crippen molar-refractivity contribution < 1.29 is 22.7 Å². The Bertz CT molecular complexity index is 857. The van der Waals surface area contributed by atoms with Crippen molar-refractivity contribution in [2.45, 2.75) is 32.3 Å². The van der Waals surface area contributed by atoms with Gasteiger partial charge in [0.1, 0.15) is 5.75 Å². The van der Waals surface area contributed by atoms with Crippen LogP contribution in [0.3, 0.4) is 0 Å². The molecule has 2 aromatic rings. The maximum Gasteiger partial charge on any atom is 0.573 e. The van der Waals surface area contributed by atoms with E-state index >= 15 is 0 Å². The van der Waals surface area contributed by atoms with E-state index in [4.69, 9.17) is 5.73 Å². The highest BCUT2D eigenvalue weighted by Gasteiger charge is 2.31. The van der Waals surface area contributed by atoms with Gasteiger partial charge in [-0.25, -0.2) is 0 Å². The number of carbonyl (C=O) groups excluding carboxylic acids is 1. The van der Waals surface area contributed by atoms with Gasteiger partial charge in [0, 0.05) is 31.7 Å². The smallest absolute Gasteiger partial charge is 0.406 e. The minimum Gasteiger partial charge on any atom is -0.406 e. The summed E-state index contributed by atoms with van der Waals surface area (Å²) in [4.78, 5) is 18.3. The fourth-order valence-corrected chi connectivity index (χ4v) is 3.02. The van der Waals surface area contributed by atoms with E-state index in [1.54, 1.807) is 0 Å². The summed E-state index contributed by atoms with van der Waals surface area (Å²) < 4.78 is 40.2. The molecule has 0 saturated heterocycles. The van der Waals surface area contributed by atoms with E-state index in [9.17, 15) is 18.0 Å². The average molecular weight is 406 g/mol. The van der Waals surface area contributed by atoms with Gasteiger partial charge in [0.05, 0.1) is 0 Å². The normalized spacial score (nSPS) is 13.9. The van der Waals surface area contributed by atoms with E-state index in [0.717, 1.165) is 0 Å². The molecule has 0 spiro atoms. The van der Waals surface area contributed by atoms with Gasteiger partial charge in [-0.2, -0.15) is 0 Å². The topological polar surface area (TPSA) is 80.0 Å². The SMILES string of the molecule is NC(=NCCCC(=O)N1Cc2ccccc2C1)Nc1ccc(OC(F)(F)F)cc1. The van der Waals surface area contributed by atoms with Gasteiger partial charge in [0.2, 0.25) is 5.91 Å². The Balaban J connectivity index is 1.40. The Morgan fingerprint density at radius 3 is 2.31 bits per heavy atom. The van der Waals surface area contributed by atoms with Crippen LogP contribution >= 0.6 is 0 Å². The van der Waals surface area contributed by atoms with Crippen LogP contribution in [0.1, 0.15) is 24.0 Å². The Labute approximate surface area is 166 Å². The molecule has 0 bridgehead atoms. The fraction of sp³-hybridized carbons (Fsp3) is 0.300. The number of fused-ring (bicyclic) bond motifs is 1. The minimum atomic E-state index is -4.73. The number of anilines is 1. The number of halogens is 3. The number of benzene rings is 2. The predicted octanol–water partition coefficient (Wildman–Crippen LogP) is 3.63. The van der Waals surface area contributed by atoms with Gasteiger partial charge >= 0.3 is 6.36 Å². The summed E-state index contributed by atoms with van der Waals surface area (Å²) in [5, 5.41) is 2.78. The lowest BCUT2D eigenvalue weighted by Gasteiger charge is -2.15. The van der Waals surface area contributed by atoms with Crippen molar-refractivity contribution in [2.75, 3.05) is 11.9 Å². The molecule has 1 aliphatic heterocycles. The zero-order valence-electron chi connectivity index (χ0n) is 15.6. The van der Waals surface area contributed by atoms with Crippen LogP contribution in [-0.4, -0.2) is 29.7 Å². The molecule has 1 amide bonds. The number of hydrogen-bond donors (Lipinski definition) is 2. The summed E-state index contributed by atoms with van der Waals surface area (Å²) in [6.07, 6.45) is -3.81. The van der Waals surface area contributed by atoms with Gasteiger partial charge in [-0.1, -0.05) is 24.3 Å². The minimum absolute atomic E-state index is 0.0724. The highest BCUT2D eigenvalue weighted by Crippen LogP contribution is 2.24. The Hall–Kier alpha value is -3.23. The number of ether oxygens (including phenoxy) is 1. The van der Waals surface area contributed by atoms with Crippen molar-refractivity contribution in [3.8, 4) is 5.75 Å². The van der Waals surface area contributed by atoms with Crippen molar-refractivity contribution in [2.24, 2.45) is 10.7 Å². The van der Waals surface area contributed by atoms with Crippen LogP contribution in [0, 0.1) is 0 Å². The first-order valence-electron chi connectivity index (χ1n) is 9.07. The highest BCUT2D eigenvalue weighted by molar-refractivity contribution is 5.92. The zero-order chi connectivity index (χ0) is 20.9. The Morgan fingerprint density at radius 1 is 1.10 bits per heavy atom. The first-order valence-corrected chi connectivity index (χ1v) is 9.07. The van der Waals surface area contributed by atoms with Crippen molar-refractivity contribution >= 4 is 17.6 Å². The largest absolute Gasteiger partial charge is 0.573 e. The summed E-state index contributed by atoms with van der Waals surface area (Å²) in [5.41, 5.74) is 8.61. The fourth-order valence-electron chi connectivity index (χ4n) is 3.02. The van der Waals surface area contributed by atoms with Gasteiger partial charge in [-0.3, -0.25) is 9.79 Å². The summed E-state index contributed by atoms with van der Waals surface area (Å²) in [6.45, 7) is 1.63. The van der Waals surface area contributed by atoms with E-state index in [0.29, 0.717) is 38.2 Å². The number of guanidine groups is 1. The molecule has 2 aromatic carbocycles. The lowest BCUT2D eigenvalue weighted by Crippen LogP contribution is -2.25. The maximum absolute atomic E-state index is 12.3. The maximum atomic E-state index is 12.3. The van der Waals surface area contributed by atoms with Gasteiger partial charge in [-0.05, 0) is 41.8 Å². The molecule has 0 aromatic heterocycles. The third kappa shape index (κ3) is 6.13. The summed E-state index contributed by atoms with van der Waals surface area (Å²) in [6, 6.07) is 13.1. The van der Waals surface area contributed by atoms with Gasteiger partial charge in [0.25, 0.3) is 0 Å². The van der Waals surface area contributed by atoms with Gasteiger partial charge < -0.3 is 20.7 Å². The number of aliphatic imine (C=N–C) groups is 1. The molecule has 0 aliphatic carbocycles. The molecule has 3 N–H and O–H groups in total. The van der Waals surface area contributed by atoms with E-state index in [2.05, 4.69) is 15.0 Å². The molecule has 0 unspecified atom stereocenters. The second kappa shape index (κ2) is 8.85. The molecule has 0 atom stereocenters. The summed E-state index contributed by atoms with van der Waals surface area (Å²) >= 11 is 0. The zero-order valence-corrected chi connectivity index (χ0v) is 15.6. The van der Waals surface area contributed by atoms with E-state index < -0.39 is 6.36 Å². The van der Waals surface area contributed by atoms with E-state index in [1.165, 1.54) is 35.4 Å².